The molecule has 1 saturated heterocycles. The molecule has 1 aliphatic heterocycles. The number of amides is 2. The maximum atomic E-state index is 11.4. The summed E-state index contributed by atoms with van der Waals surface area (Å²) < 4.78 is 1.58. The fraction of sp³-hybridized carbons (Fsp3) is 0.667. The van der Waals surface area contributed by atoms with Crippen LogP contribution in [0.1, 0.15) is 26.6 Å². The number of nitrogens with one attached hydrogen (secondary N) is 1. The number of β-lactam (4-membered cyclic amide) rings is 1. The van der Waals surface area contributed by atoms with Gasteiger partial charge >= 0.3 is 6.09 Å². The van der Waals surface area contributed by atoms with Crippen molar-refractivity contribution in [1.82, 2.24) is 25.0 Å². The third-order valence-corrected chi connectivity index (χ3v) is 3.47. The molecular weight excluding hydrogens is 276 g/mol. The number of nitrogens with zero attached hydrogens (tertiary/aromatic N) is 4. The molecule has 116 valence electrons. The first-order chi connectivity index (χ1) is 9.70. The molecule has 0 spiro atoms. The summed E-state index contributed by atoms with van der Waals surface area (Å²) in [6.07, 6.45) is 0.343. The van der Waals surface area contributed by atoms with Crippen LogP contribution in [0.15, 0.2) is 6.33 Å². The summed E-state index contributed by atoms with van der Waals surface area (Å²) in [5.41, 5.74) is 5.12. The van der Waals surface area contributed by atoms with E-state index >= 15 is 0 Å². The van der Waals surface area contributed by atoms with Crippen LogP contribution in [-0.2, 0) is 17.9 Å². The van der Waals surface area contributed by atoms with Gasteiger partial charge in [0.15, 0.2) is 0 Å². The van der Waals surface area contributed by atoms with Gasteiger partial charge in [-0.1, -0.05) is 0 Å². The average Bonchev–Trinajstić information content (AvgIpc) is 2.80. The Morgan fingerprint density at radius 1 is 1.57 bits per heavy atom. The van der Waals surface area contributed by atoms with E-state index in [1.165, 1.54) is 11.2 Å². The van der Waals surface area contributed by atoms with Crippen molar-refractivity contribution in [3.8, 4) is 0 Å². The minimum Gasteiger partial charge on any atom is -0.465 e. The normalized spacial score (nSPS) is 21.6. The number of hydrogen-bond acceptors (Lipinski definition) is 5. The molecule has 1 fully saturated rings. The van der Waals surface area contributed by atoms with Gasteiger partial charge in [0.05, 0.1) is 19.1 Å². The SMILES string of the molecule is CC(C)(C)N(Cc1ncnn1C[C@H]1NC(=O)[C@H]1N)C(=O)O. The molecule has 2 atom stereocenters. The molecule has 2 amide bonds. The Bertz CT molecular complexity index is 549. The second-order valence-electron chi connectivity index (χ2n) is 6.04. The largest absolute Gasteiger partial charge is 0.465 e. The van der Waals surface area contributed by atoms with Crippen LogP contribution in [0.5, 0.6) is 0 Å². The molecule has 0 saturated carbocycles. The summed E-state index contributed by atoms with van der Waals surface area (Å²) in [4.78, 5) is 27.8. The minimum atomic E-state index is -1.02. The van der Waals surface area contributed by atoms with Gasteiger partial charge in [0.1, 0.15) is 18.2 Å². The topological polar surface area (TPSA) is 126 Å². The fourth-order valence-electron chi connectivity index (χ4n) is 2.10. The summed E-state index contributed by atoms with van der Waals surface area (Å²) in [5, 5.41) is 16.1. The van der Waals surface area contributed by atoms with Crippen molar-refractivity contribution >= 4 is 12.0 Å². The number of carbonyl (C=O) groups excluding carboxylic acids is 1. The van der Waals surface area contributed by atoms with Crippen LogP contribution < -0.4 is 11.1 Å². The van der Waals surface area contributed by atoms with E-state index in [0.717, 1.165) is 0 Å². The summed E-state index contributed by atoms with van der Waals surface area (Å²) >= 11 is 0. The predicted octanol–water partition coefficient (Wildman–Crippen LogP) is -0.618. The van der Waals surface area contributed by atoms with E-state index < -0.39 is 17.7 Å². The maximum Gasteiger partial charge on any atom is 0.408 e. The second kappa shape index (κ2) is 5.32. The molecule has 0 bridgehead atoms. The molecule has 2 heterocycles. The van der Waals surface area contributed by atoms with Crippen LogP contribution in [-0.4, -0.2) is 54.4 Å². The van der Waals surface area contributed by atoms with E-state index in [9.17, 15) is 14.7 Å². The van der Waals surface area contributed by atoms with E-state index in [4.69, 9.17) is 5.73 Å². The lowest BCUT2D eigenvalue weighted by atomic mass is 10.0. The molecule has 1 aromatic heterocycles. The number of carbonyl (C=O) groups is 2. The first kappa shape index (κ1) is 15.2. The van der Waals surface area contributed by atoms with Crippen molar-refractivity contribution in [2.45, 2.75) is 51.5 Å². The van der Waals surface area contributed by atoms with Gasteiger partial charge in [0, 0.05) is 5.54 Å². The van der Waals surface area contributed by atoms with Crippen molar-refractivity contribution in [2.24, 2.45) is 5.73 Å². The number of nitrogens with two attached hydrogens (primary N) is 1. The van der Waals surface area contributed by atoms with Crippen LogP contribution in [0.25, 0.3) is 0 Å². The van der Waals surface area contributed by atoms with Crippen LogP contribution >= 0.6 is 0 Å². The Morgan fingerprint density at radius 2 is 2.24 bits per heavy atom. The highest BCUT2D eigenvalue weighted by Gasteiger charge is 2.37. The van der Waals surface area contributed by atoms with Gasteiger partial charge in [-0.15, -0.1) is 0 Å². The van der Waals surface area contributed by atoms with Gasteiger partial charge in [-0.3, -0.25) is 9.69 Å². The number of hydrogen-bond donors (Lipinski definition) is 3. The van der Waals surface area contributed by atoms with Crippen LogP contribution in [0.2, 0.25) is 0 Å². The molecule has 0 unspecified atom stereocenters. The first-order valence-corrected chi connectivity index (χ1v) is 6.63. The zero-order chi connectivity index (χ0) is 15.8. The Hall–Kier alpha value is -2.16. The number of aromatic nitrogens is 3. The summed E-state index contributed by atoms with van der Waals surface area (Å²) in [5.74, 6) is 0.323. The predicted molar refractivity (Wildman–Crippen MR) is 73.2 cm³/mol. The highest BCUT2D eigenvalue weighted by Crippen LogP contribution is 2.17. The maximum absolute atomic E-state index is 11.4. The Balaban J connectivity index is 2.09. The van der Waals surface area contributed by atoms with Crippen LogP contribution in [0.3, 0.4) is 0 Å². The monoisotopic (exact) mass is 296 g/mol. The van der Waals surface area contributed by atoms with E-state index in [1.807, 2.05) is 20.8 Å². The Kier molecular flexibility index (Phi) is 3.86. The first-order valence-electron chi connectivity index (χ1n) is 6.63. The standard InChI is InChI=1S/C12H20N6O3/c1-12(2,3)17(11(20)21)5-8-14-6-15-18(8)4-7-9(13)10(19)16-7/h6-7,9H,4-5,13H2,1-3H3,(H,16,19)(H,20,21)/t7-,9+/m1/s1. The summed E-state index contributed by atoms with van der Waals surface area (Å²) in [6, 6.07) is -0.758. The minimum absolute atomic E-state index is 0.120. The van der Waals surface area contributed by atoms with Crippen molar-refractivity contribution < 1.29 is 14.7 Å². The number of carboxylic acid groups (broad SMARTS) is 1. The molecule has 0 aliphatic carbocycles. The van der Waals surface area contributed by atoms with Gasteiger partial charge in [0.2, 0.25) is 5.91 Å². The lowest BCUT2D eigenvalue weighted by Gasteiger charge is -2.35. The highest BCUT2D eigenvalue weighted by atomic mass is 16.4. The summed E-state index contributed by atoms with van der Waals surface area (Å²) in [7, 11) is 0. The van der Waals surface area contributed by atoms with Crippen molar-refractivity contribution in [3.05, 3.63) is 12.2 Å². The second-order valence-corrected chi connectivity index (χ2v) is 6.04. The van der Waals surface area contributed by atoms with E-state index in [1.54, 1.807) is 4.68 Å². The molecule has 1 aliphatic rings. The van der Waals surface area contributed by atoms with E-state index in [-0.39, 0.29) is 18.5 Å². The number of rotatable bonds is 4. The van der Waals surface area contributed by atoms with E-state index in [0.29, 0.717) is 12.4 Å². The highest BCUT2D eigenvalue weighted by molar-refractivity contribution is 5.88. The molecule has 21 heavy (non-hydrogen) atoms. The van der Waals surface area contributed by atoms with E-state index in [2.05, 4.69) is 15.4 Å². The lowest BCUT2D eigenvalue weighted by molar-refractivity contribution is -0.130. The molecule has 1 aromatic rings. The molecule has 4 N–H and O–H groups in total. The molecule has 2 rings (SSSR count). The molecular formula is C12H20N6O3. The van der Waals surface area contributed by atoms with Gasteiger partial charge < -0.3 is 16.2 Å². The smallest absolute Gasteiger partial charge is 0.408 e. The van der Waals surface area contributed by atoms with Crippen molar-refractivity contribution in [3.63, 3.8) is 0 Å². The van der Waals surface area contributed by atoms with Gasteiger partial charge in [-0.2, -0.15) is 5.10 Å². The van der Waals surface area contributed by atoms with Gasteiger partial charge in [0.25, 0.3) is 0 Å². The molecule has 0 aromatic carbocycles. The zero-order valence-electron chi connectivity index (χ0n) is 12.3. The molecule has 9 heteroatoms. The lowest BCUT2D eigenvalue weighted by Crippen LogP contribution is -2.68. The third kappa shape index (κ3) is 3.13. The molecule has 0 radical (unpaired) electrons. The Labute approximate surface area is 122 Å². The van der Waals surface area contributed by atoms with Gasteiger partial charge in [-0.05, 0) is 20.8 Å². The zero-order valence-corrected chi connectivity index (χ0v) is 12.3. The van der Waals surface area contributed by atoms with Crippen molar-refractivity contribution in [2.75, 3.05) is 0 Å². The van der Waals surface area contributed by atoms with Gasteiger partial charge in [-0.25, -0.2) is 14.5 Å². The molecule has 9 nitrogen and oxygen atoms in total. The third-order valence-electron chi connectivity index (χ3n) is 3.47. The summed E-state index contributed by atoms with van der Waals surface area (Å²) in [6.45, 7) is 5.92. The van der Waals surface area contributed by atoms with Crippen LogP contribution in [0.4, 0.5) is 4.79 Å². The van der Waals surface area contributed by atoms with Crippen LogP contribution in [0, 0.1) is 0 Å². The Morgan fingerprint density at radius 3 is 2.71 bits per heavy atom. The fourth-order valence-corrected chi connectivity index (χ4v) is 2.10. The average molecular weight is 296 g/mol. The quantitative estimate of drug-likeness (QED) is 0.636. The van der Waals surface area contributed by atoms with Crippen molar-refractivity contribution in [1.29, 1.82) is 0 Å².